The quantitative estimate of drug-likeness (QED) is 0.596. The van der Waals surface area contributed by atoms with Gasteiger partial charge in [0.1, 0.15) is 0 Å². The van der Waals surface area contributed by atoms with Crippen LogP contribution < -0.4 is 10.6 Å². The lowest BCUT2D eigenvalue weighted by Crippen LogP contribution is -2.48. The summed E-state index contributed by atoms with van der Waals surface area (Å²) in [5.41, 5.74) is 0. The van der Waals surface area contributed by atoms with E-state index in [0.29, 0.717) is 6.04 Å². The van der Waals surface area contributed by atoms with Crippen molar-refractivity contribution in [1.82, 2.24) is 15.5 Å². The van der Waals surface area contributed by atoms with Crippen LogP contribution in [0.1, 0.15) is 39.0 Å². The van der Waals surface area contributed by atoms with Crippen molar-refractivity contribution in [2.45, 2.75) is 51.1 Å². The molecular weight excluding hydrogens is 236 g/mol. The Balaban J connectivity index is 1.45. The predicted molar refractivity (Wildman–Crippen MR) is 79.4 cm³/mol. The SMILES string of the molecule is CN=C(NCC1CCC1)NC1CN(C2CC2)CC1C. The van der Waals surface area contributed by atoms with Crippen molar-refractivity contribution in [1.29, 1.82) is 0 Å². The topological polar surface area (TPSA) is 39.7 Å². The molecule has 2 saturated carbocycles. The highest BCUT2D eigenvalue weighted by Crippen LogP contribution is 2.31. The Hall–Kier alpha value is -0.770. The summed E-state index contributed by atoms with van der Waals surface area (Å²) < 4.78 is 0. The minimum absolute atomic E-state index is 0.563. The third-order valence-electron chi connectivity index (χ3n) is 5.03. The average molecular weight is 264 g/mol. The van der Waals surface area contributed by atoms with Crippen molar-refractivity contribution in [3.8, 4) is 0 Å². The average Bonchev–Trinajstić information content (AvgIpc) is 3.12. The molecule has 2 atom stereocenters. The summed E-state index contributed by atoms with van der Waals surface area (Å²) in [5.74, 6) is 2.60. The molecule has 1 heterocycles. The second-order valence-corrected chi connectivity index (χ2v) is 6.66. The van der Waals surface area contributed by atoms with Gasteiger partial charge in [0.2, 0.25) is 0 Å². The lowest BCUT2D eigenvalue weighted by Gasteiger charge is -2.27. The molecule has 2 N–H and O–H groups in total. The predicted octanol–water partition coefficient (Wildman–Crippen LogP) is 1.43. The second-order valence-electron chi connectivity index (χ2n) is 6.66. The van der Waals surface area contributed by atoms with Gasteiger partial charge in [-0.1, -0.05) is 13.3 Å². The van der Waals surface area contributed by atoms with Crippen LogP contribution in [0.15, 0.2) is 4.99 Å². The summed E-state index contributed by atoms with van der Waals surface area (Å²) in [6.45, 7) is 5.89. The Morgan fingerprint density at radius 3 is 2.58 bits per heavy atom. The number of nitrogens with zero attached hydrogens (tertiary/aromatic N) is 2. The maximum Gasteiger partial charge on any atom is 0.191 e. The summed E-state index contributed by atoms with van der Waals surface area (Å²) in [4.78, 5) is 7.03. The number of rotatable bonds is 4. The van der Waals surface area contributed by atoms with E-state index in [-0.39, 0.29) is 0 Å². The van der Waals surface area contributed by atoms with E-state index in [1.54, 1.807) is 0 Å². The molecule has 1 saturated heterocycles. The molecule has 1 aliphatic heterocycles. The third kappa shape index (κ3) is 3.22. The van der Waals surface area contributed by atoms with Gasteiger partial charge < -0.3 is 10.6 Å². The van der Waals surface area contributed by atoms with Gasteiger partial charge in [-0.05, 0) is 37.5 Å². The zero-order valence-electron chi connectivity index (χ0n) is 12.4. The van der Waals surface area contributed by atoms with Gasteiger partial charge >= 0.3 is 0 Å². The van der Waals surface area contributed by atoms with Crippen LogP contribution in [-0.4, -0.2) is 49.6 Å². The molecule has 0 radical (unpaired) electrons. The minimum atomic E-state index is 0.563. The molecule has 0 aromatic carbocycles. The van der Waals surface area contributed by atoms with Crippen molar-refractivity contribution in [3.63, 3.8) is 0 Å². The molecule has 19 heavy (non-hydrogen) atoms. The van der Waals surface area contributed by atoms with Crippen LogP contribution in [0.25, 0.3) is 0 Å². The fraction of sp³-hybridized carbons (Fsp3) is 0.933. The summed E-state index contributed by atoms with van der Waals surface area (Å²) >= 11 is 0. The Morgan fingerprint density at radius 1 is 1.21 bits per heavy atom. The molecule has 0 spiro atoms. The molecule has 0 amide bonds. The van der Waals surface area contributed by atoms with E-state index in [9.17, 15) is 0 Å². The van der Waals surface area contributed by atoms with Crippen molar-refractivity contribution in [2.24, 2.45) is 16.8 Å². The van der Waals surface area contributed by atoms with Crippen LogP contribution in [-0.2, 0) is 0 Å². The van der Waals surface area contributed by atoms with Crippen LogP contribution in [0.2, 0.25) is 0 Å². The van der Waals surface area contributed by atoms with E-state index in [2.05, 4.69) is 27.4 Å². The van der Waals surface area contributed by atoms with E-state index in [0.717, 1.165) is 30.4 Å². The first-order valence-corrected chi connectivity index (χ1v) is 7.97. The lowest BCUT2D eigenvalue weighted by molar-refractivity contribution is 0.312. The largest absolute Gasteiger partial charge is 0.356 e. The summed E-state index contributed by atoms with van der Waals surface area (Å²) in [6.07, 6.45) is 7.01. The number of hydrogen-bond donors (Lipinski definition) is 2. The Morgan fingerprint density at radius 2 is 2.00 bits per heavy atom. The van der Waals surface area contributed by atoms with Gasteiger partial charge in [-0.3, -0.25) is 9.89 Å². The second kappa shape index (κ2) is 5.70. The molecule has 2 aliphatic carbocycles. The fourth-order valence-corrected chi connectivity index (χ4v) is 3.24. The first-order chi connectivity index (χ1) is 9.26. The molecule has 0 aromatic rings. The van der Waals surface area contributed by atoms with E-state index >= 15 is 0 Å². The monoisotopic (exact) mass is 264 g/mol. The maximum atomic E-state index is 4.38. The van der Waals surface area contributed by atoms with Crippen LogP contribution in [0.3, 0.4) is 0 Å². The molecule has 108 valence electrons. The van der Waals surface area contributed by atoms with Crippen molar-refractivity contribution >= 4 is 5.96 Å². The molecule has 0 aromatic heterocycles. The Kier molecular flexibility index (Phi) is 3.96. The van der Waals surface area contributed by atoms with Crippen LogP contribution in [0.5, 0.6) is 0 Å². The van der Waals surface area contributed by atoms with Gasteiger partial charge in [-0.25, -0.2) is 0 Å². The van der Waals surface area contributed by atoms with Crippen molar-refractivity contribution in [2.75, 3.05) is 26.7 Å². The van der Waals surface area contributed by atoms with Gasteiger partial charge in [0.25, 0.3) is 0 Å². The zero-order valence-corrected chi connectivity index (χ0v) is 12.4. The van der Waals surface area contributed by atoms with E-state index in [1.807, 2.05) is 7.05 Å². The van der Waals surface area contributed by atoms with E-state index < -0.39 is 0 Å². The standard InChI is InChI=1S/C15H28N4/c1-11-9-19(13-6-7-13)10-14(11)18-15(16-2)17-8-12-4-3-5-12/h11-14H,3-10H2,1-2H3,(H2,16,17,18). The molecule has 3 aliphatic rings. The van der Waals surface area contributed by atoms with Gasteiger partial charge in [-0.2, -0.15) is 0 Å². The molecule has 4 heteroatoms. The van der Waals surface area contributed by atoms with Crippen molar-refractivity contribution < 1.29 is 0 Å². The van der Waals surface area contributed by atoms with Crippen LogP contribution in [0.4, 0.5) is 0 Å². The Bertz CT molecular complexity index is 333. The fourth-order valence-electron chi connectivity index (χ4n) is 3.24. The molecular formula is C15H28N4. The first-order valence-electron chi connectivity index (χ1n) is 7.97. The van der Waals surface area contributed by atoms with Gasteiger partial charge in [0.05, 0.1) is 0 Å². The van der Waals surface area contributed by atoms with Crippen LogP contribution in [0, 0.1) is 11.8 Å². The normalized spacial score (nSPS) is 33.3. The van der Waals surface area contributed by atoms with Crippen molar-refractivity contribution in [3.05, 3.63) is 0 Å². The number of nitrogens with one attached hydrogen (secondary N) is 2. The molecule has 2 unspecified atom stereocenters. The highest BCUT2D eigenvalue weighted by atomic mass is 15.3. The smallest absolute Gasteiger partial charge is 0.191 e. The minimum Gasteiger partial charge on any atom is -0.356 e. The lowest BCUT2D eigenvalue weighted by atomic mass is 9.85. The summed E-state index contributed by atoms with van der Waals surface area (Å²) in [6, 6.07) is 1.45. The molecule has 3 rings (SSSR count). The van der Waals surface area contributed by atoms with E-state index in [1.165, 1.54) is 45.2 Å². The number of aliphatic imine (C=N–C) groups is 1. The molecule has 0 bridgehead atoms. The maximum absolute atomic E-state index is 4.38. The highest BCUT2D eigenvalue weighted by Gasteiger charge is 2.38. The molecule has 4 nitrogen and oxygen atoms in total. The highest BCUT2D eigenvalue weighted by molar-refractivity contribution is 5.80. The van der Waals surface area contributed by atoms with E-state index in [4.69, 9.17) is 0 Å². The summed E-state index contributed by atoms with van der Waals surface area (Å²) in [5, 5.41) is 7.13. The van der Waals surface area contributed by atoms with Gasteiger partial charge in [0, 0.05) is 38.8 Å². The van der Waals surface area contributed by atoms with Crippen LogP contribution >= 0.6 is 0 Å². The van der Waals surface area contributed by atoms with Gasteiger partial charge in [-0.15, -0.1) is 0 Å². The number of guanidine groups is 1. The third-order valence-corrected chi connectivity index (χ3v) is 5.03. The van der Waals surface area contributed by atoms with Gasteiger partial charge in [0.15, 0.2) is 5.96 Å². The first kappa shape index (κ1) is 13.2. The zero-order chi connectivity index (χ0) is 13.2. The number of hydrogen-bond acceptors (Lipinski definition) is 2. The molecule has 3 fully saturated rings. The Labute approximate surface area is 117 Å². The summed E-state index contributed by atoms with van der Waals surface area (Å²) in [7, 11) is 1.88. The number of likely N-dealkylation sites (tertiary alicyclic amines) is 1.